The van der Waals surface area contributed by atoms with Crippen LogP contribution in [0.3, 0.4) is 0 Å². The number of guanidine groups is 1. The lowest BCUT2D eigenvalue weighted by molar-refractivity contribution is -0.137. The number of carbonyl (C=O) groups excluding carboxylic acids is 4. The third-order valence-corrected chi connectivity index (χ3v) is 6.33. The molecule has 15 heteroatoms. The van der Waals surface area contributed by atoms with E-state index in [0.717, 1.165) is 0 Å². The van der Waals surface area contributed by atoms with Crippen LogP contribution in [0.2, 0.25) is 0 Å². The van der Waals surface area contributed by atoms with E-state index in [1.807, 2.05) is 0 Å². The monoisotopic (exact) mass is 605 g/mol. The Morgan fingerprint density at radius 1 is 0.909 bits per heavy atom. The molecule has 10 N–H and O–H groups in total. The van der Waals surface area contributed by atoms with Gasteiger partial charge in [-0.05, 0) is 31.4 Å². The van der Waals surface area contributed by atoms with Gasteiger partial charge in [-0.1, -0.05) is 48.5 Å². The molecule has 3 aromatic rings. The number of para-hydroxylation sites is 1. The van der Waals surface area contributed by atoms with Crippen LogP contribution in [0.1, 0.15) is 43.1 Å². The van der Waals surface area contributed by atoms with Crippen molar-refractivity contribution in [2.75, 3.05) is 11.9 Å². The molecule has 232 valence electrons. The van der Waals surface area contributed by atoms with Gasteiger partial charge in [0.25, 0.3) is 5.91 Å². The average Bonchev–Trinajstić information content (AvgIpc) is 3.36. The molecular weight excluding hydrogens is 570 g/mol. The fraction of sp³-hybridized carbons (Fsp3) is 0.276. The molecular formula is C29H35N9O6. The first-order chi connectivity index (χ1) is 21.0. The Bertz CT molecular complexity index is 1520. The Kier molecular flexibility index (Phi) is 11.5. The summed E-state index contributed by atoms with van der Waals surface area (Å²) in [7, 11) is 0. The van der Waals surface area contributed by atoms with Gasteiger partial charge in [-0.25, -0.2) is 4.68 Å². The van der Waals surface area contributed by atoms with E-state index in [9.17, 15) is 29.1 Å². The number of aliphatic imine (C=N–C) groups is 1. The van der Waals surface area contributed by atoms with Gasteiger partial charge in [0.1, 0.15) is 17.8 Å². The van der Waals surface area contributed by atoms with Crippen molar-refractivity contribution in [2.24, 2.45) is 22.2 Å². The fourth-order valence-corrected chi connectivity index (χ4v) is 4.32. The Morgan fingerprint density at radius 3 is 2.11 bits per heavy atom. The number of carboxylic acid groups (broad SMARTS) is 1. The van der Waals surface area contributed by atoms with Crippen LogP contribution in [0.4, 0.5) is 5.69 Å². The van der Waals surface area contributed by atoms with Crippen LogP contribution in [0.25, 0.3) is 16.9 Å². The maximum atomic E-state index is 13.7. The van der Waals surface area contributed by atoms with Crippen molar-refractivity contribution < 1.29 is 29.1 Å². The number of hydrogen-bond donors (Lipinski definition) is 7. The van der Waals surface area contributed by atoms with Gasteiger partial charge in [-0.2, -0.15) is 5.10 Å². The summed E-state index contributed by atoms with van der Waals surface area (Å²) >= 11 is 0. The lowest BCUT2D eigenvalue weighted by Gasteiger charge is -2.18. The van der Waals surface area contributed by atoms with Crippen LogP contribution in [0.5, 0.6) is 0 Å². The first-order valence-electron chi connectivity index (χ1n) is 13.7. The Hall–Kier alpha value is -5.73. The molecule has 0 aliphatic heterocycles. The second-order valence-electron chi connectivity index (χ2n) is 9.74. The zero-order valence-electron chi connectivity index (χ0n) is 24.0. The van der Waals surface area contributed by atoms with Crippen molar-refractivity contribution in [3.05, 3.63) is 66.4 Å². The number of amides is 4. The topological polar surface area (TPSA) is 250 Å². The summed E-state index contributed by atoms with van der Waals surface area (Å²) in [6, 6.07) is 15.3. The number of carbonyl (C=O) groups is 5. The third-order valence-electron chi connectivity index (χ3n) is 6.33. The zero-order chi connectivity index (χ0) is 32.2. The standard InChI is InChI=1S/C29H35N9O6/c1-17(39)34-21(14-15-22(40)41)27(43)36-23-24(28(44)35-20(26(30)42)13-8-16-33-29(31)32)37-38(19-11-6-3-7-12-19)25(23)18-9-4-2-5-10-18/h2-7,9-12,20-21H,8,13-16H2,1H3,(H2,30,42)(H,34,39)(H,35,44)(H,36,43)(H,40,41)(H4,31,32,33). The van der Waals surface area contributed by atoms with Crippen molar-refractivity contribution >= 4 is 41.2 Å². The number of aliphatic carboxylic acids is 1. The van der Waals surface area contributed by atoms with E-state index in [1.165, 1.54) is 11.6 Å². The maximum absolute atomic E-state index is 13.7. The van der Waals surface area contributed by atoms with Gasteiger partial charge < -0.3 is 38.3 Å². The summed E-state index contributed by atoms with van der Waals surface area (Å²) in [5.74, 6) is -4.23. The molecule has 0 radical (unpaired) electrons. The molecule has 4 amide bonds. The van der Waals surface area contributed by atoms with E-state index in [4.69, 9.17) is 17.2 Å². The molecule has 1 heterocycles. The van der Waals surface area contributed by atoms with Crippen molar-refractivity contribution in [3.8, 4) is 16.9 Å². The fourth-order valence-electron chi connectivity index (χ4n) is 4.32. The van der Waals surface area contributed by atoms with Crippen molar-refractivity contribution in [2.45, 2.75) is 44.7 Å². The van der Waals surface area contributed by atoms with E-state index in [0.29, 0.717) is 23.4 Å². The lowest BCUT2D eigenvalue weighted by Crippen LogP contribution is -2.45. The predicted octanol–water partition coefficient (Wildman–Crippen LogP) is 0.485. The minimum Gasteiger partial charge on any atom is -0.481 e. The van der Waals surface area contributed by atoms with E-state index in [1.54, 1.807) is 60.7 Å². The molecule has 44 heavy (non-hydrogen) atoms. The third kappa shape index (κ3) is 9.14. The maximum Gasteiger partial charge on any atom is 0.303 e. The van der Waals surface area contributed by atoms with Crippen molar-refractivity contribution in [3.63, 3.8) is 0 Å². The summed E-state index contributed by atoms with van der Waals surface area (Å²) < 4.78 is 1.46. The Balaban J connectivity index is 2.12. The predicted molar refractivity (Wildman–Crippen MR) is 162 cm³/mol. The van der Waals surface area contributed by atoms with Gasteiger partial charge in [-0.3, -0.25) is 29.0 Å². The molecule has 0 bridgehead atoms. The first-order valence-corrected chi connectivity index (χ1v) is 13.7. The van der Waals surface area contributed by atoms with Crippen molar-refractivity contribution in [1.29, 1.82) is 0 Å². The SMILES string of the molecule is CC(=O)NC(CCC(=O)O)C(=O)Nc1c(C(=O)NC(CCCN=C(N)N)C(N)=O)nn(-c2ccccc2)c1-c1ccccc1. The highest BCUT2D eigenvalue weighted by molar-refractivity contribution is 6.08. The summed E-state index contributed by atoms with van der Waals surface area (Å²) in [5, 5.41) is 21.4. The molecule has 2 aromatic carbocycles. The minimum atomic E-state index is -1.24. The first kappa shape index (κ1) is 32.8. The molecule has 1 aromatic heterocycles. The van der Waals surface area contributed by atoms with Crippen LogP contribution in [0.15, 0.2) is 65.7 Å². The van der Waals surface area contributed by atoms with Crippen LogP contribution in [-0.4, -0.2) is 69.1 Å². The van der Waals surface area contributed by atoms with Gasteiger partial charge in [0, 0.05) is 25.5 Å². The highest BCUT2D eigenvalue weighted by Gasteiger charge is 2.31. The van der Waals surface area contributed by atoms with E-state index < -0.39 is 48.1 Å². The molecule has 0 aliphatic carbocycles. The molecule has 2 unspecified atom stereocenters. The van der Waals surface area contributed by atoms with Crippen LogP contribution < -0.4 is 33.2 Å². The molecule has 15 nitrogen and oxygen atoms in total. The van der Waals surface area contributed by atoms with Gasteiger partial charge >= 0.3 is 5.97 Å². The molecule has 0 aliphatic rings. The second kappa shape index (κ2) is 15.5. The smallest absolute Gasteiger partial charge is 0.303 e. The van der Waals surface area contributed by atoms with E-state index >= 15 is 0 Å². The Labute approximate surface area is 252 Å². The number of rotatable bonds is 15. The summed E-state index contributed by atoms with van der Waals surface area (Å²) in [5.41, 5.74) is 17.4. The largest absolute Gasteiger partial charge is 0.481 e. The number of nitrogens with one attached hydrogen (secondary N) is 3. The van der Waals surface area contributed by atoms with Crippen LogP contribution in [0, 0.1) is 0 Å². The number of nitrogens with zero attached hydrogens (tertiary/aromatic N) is 3. The number of nitrogens with two attached hydrogens (primary N) is 3. The average molecular weight is 606 g/mol. The van der Waals surface area contributed by atoms with Gasteiger partial charge in [0.2, 0.25) is 17.7 Å². The van der Waals surface area contributed by atoms with Crippen LogP contribution >= 0.6 is 0 Å². The quantitative estimate of drug-likeness (QED) is 0.0722. The summed E-state index contributed by atoms with van der Waals surface area (Å²) in [6.07, 6.45) is -0.175. The van der Waals surface area contributed by atoms with Gasteiger partial charge in [0.05, 0.1) is 11.4 Å². The Morgan fingerprint density at radius 2 is 1.55 bits per heavy atom. The molecule has 0 fully saturated rings. The molecule has 0 saturated carbocycles. The van der Waals surface area contributed by atoms with Crippen molar-refractivity contribution in [1.82, 2.24) is 20.4 Å². The number of carboxylic acids is 1. The minimum absolute atomic E-state index is 0.0306. The number of benzene rings is 2. The lowest BCUT2D eigenvalue weighted by atomic mass is 10.1. The number of aromatic nitrogens is 2. The second-order valence-corrected chi connectivity index (χ2v) is 9.74. The number of anilines is 1. The number of primary amides is 1. The molecule has 0 saturated heterocycles. The molecule has 2 atom stereocenters. The normalized spacial score (nSPS) is 11.9. The zero-order valence-corrected chi connectivity index (χ0v) is 24.0. The number of hydrogen-bond acceptors (Lipinski definition) is 7. The molecule has 3 rings (SSSR count). The van der Waals surface area contributed by atoms with Crippen LogP contribution in [-0.2, 0) is 19.2 Å². The highest BCUT2D eigenvalue weighted by atomic mass is 16.4. The van der Waals surface area contributed by atoms with E-state index in [-0.39, 0.29) is 36.7 Å². The molecule has 0 spiro atoms. The highest BCUT2D eigenvalue weighted by Crippen LogP contribution is 2.34. The van der Waals surface area contributed by atoms with E-state index in [2.05, 4.69) is 26.0 Å². The summed E-state index contributed by atoms with van der Waals surface area (Å²) in [4.78, 5) is 66.4. The summed E-state index contributed by atoms with van der Waals surface area (Å²) in [6.45, 7) is 1.39. The van der Waals surface area contributed by atoms with Gasteiger partial charge in [-0.15, -0.1) is 0 Å². The van der Waals surface area contributed by atoms with Gasteiger partial charge in [0.15, 0.2) is 11.7 Å².